The van der Waals surface area contributed by atoms with Gasteiger partial charge in [0.05, 0.1) is 6.54 Å². The molecule has 25 heavy (non-hydrogen) atoms. The van der Waals surface area contributed by atoms with Crippen molar-refractivity contribution >= 4 is 27.3 Å². The highest BCUT2D eigenvalue weighted by molar-refractivity contribution is 7.91. The Hall–Kier alpha value is -1.12. The van der Waals surface area contributed by atoms with E-state index in [9.17, 15) is 8.42 Å². The van der Waals surface area contributed by atoms with Crippen molar-refractivity contribution in [1.82, 2.24) is 14.9 Å². The molecule has 0 bridgehead atoms. The summed E-state index contributed by atoms with van der Waals surface area (Å²) in [5.41, 5.74) is 0.497. The molecule has 0 amide bonds. The van der Waals surface area contributed by atoms with Crippen LogP contribution < -0.4 is 10.0 Å². The van der Waals surface area contributed by atoms with Crippen molar-refractivity contribution in [3.63, 3.8) is 0 Å². The number of nitrogens with zero attached hydrogens (tertiary/aromatic N) is 2. The van der Waals surface area contributed by atoms with Gasteiger partial charge in [0, 0.05) is 26.2 Å². The zero-order chi connectivity index (χ0) is 17.8. The molecule has 1 aliphatic heterocycles. The van der Waals surface area contributed by atoms with E-state index in [1.807, 2.05) is 0 Å². The molecule has 3 rings (SSSR count). The van der Waals surface area contributed by atoms with Crippen molar-refractivity contribution in [3.05, 3.63) is 17.5 Å². The van der Waals surface area contributed by atoms with Gasteiger partial charge in [-0.2, -0.15) is 0 Å². The average Bonchev–Trinajstić information content (AvgIpc) is 3.34. The SMILES string of the molecule is CCNC(=NCCNS(=O)(=O)c1cccs1)N1CCC2(CCCC2)C1. The minimum Gasteiger partial charge on any atom is -0.357 e. The highest BCUT2D eigenvalue weighted by Gasteiger charge is 2.41. The van der Waals surface area contributed by atoms with E-state index in [2.05, 4.69) is 26.9 Å². The molecule has 8 heteroatoms. The molecule has 6 nitrogen and oxygen atoms in total. The molecule has 2 fully saturated rings. The summed E-state index contributed by atoms with van der Waals surface area (Å²) in [6, 6.07) is 3.36. The first-order chi connectivity index (χ1) is 12.0. The van der Waals surface area contributed by atoms with E-state index < -0.39 is 10.0 Å². The summed E-state index contributed by atoms with van der Waals surface area (Å²) in [6.45, 7) is 5.77. The third-order valence-electron chi connectivity index (χ3n) is 5.16. The van der Waals surface area contributed by atoms with E-state index >= 15 is 0 Å². The Morgan fingerprint density at radius 1 is 1.36 bits per heavy atom. The summed E-state index contributed by atoms with van der Waals surface area (Å²) in [4.78, 5) is 6.99. The predicted molar refractivity (Wildman–Crippen MR) is 103 cm³/mol. The van der Waals surface area contributed by atoms with E-state index in [1.54, 1.807) is 17.5 Å². The Morgan fingerprint density at radius 3 is 2.84 bits per heavy atom. The first-order valence-corrected chi connectivity index (χ1v) is 11.5. The van der Waals surface area contributed by atoms with Gasteiger partial charge in [0.1, 0.15) is 4.21 Å². The van der Waals surface area contributed by atoms with Gasteiger partial charge in [0.2, 0.25) is 10.0 Å². The van der Waals surface area contributed by atoms with E-state index in [-0.39, 0.29) is 0 Å². The molecule has 0 radical (unpaired) electrons. The average molecular weight is 385 g/mol. The highest BCUT2D eigenvalue weighted by Crippen LogP contribution is 2.45. The van der Waals surface area contributed by atoms with Crippen molar-refractivity contribution in [2.45, 2.75) is 43.2 Å². The molecule has 1 aromatic rings. The number of nitrogens with one attached hydrogen (secondary N) is 2. The van der Waals surface area contributed by atoms with Gasteiger partial charge in [0.25, 0.3) is 0 Å². The first kappa shape index (κ1) is 18.7. The topological polar surface area (TPSA) is 73.8 Å². The number of guanidine groups is 1. The summed E-state index contributed by atoms with van der Waals surface area (Å²) < 4.78 is 27.2. The molecule has 0 unspecified atom stereocenters. The normalized spacial score (nSPS) is 20.5. The third-order valence-corrected chi connectivity index (χ3v) is 8.02. The van der Waals surface area contributed by atoms with Crippen LogP contribution in [0.5, 0.6) is 0 Å². The van der Waals surface area contributed by atoms with Gasteiger partial charge in [-0.05, 0) is 43.0 Å². The van der Waals surface area contributed by atoms with E-state index in [1.165, 1.54) is 43.4 Å². The highest BCUT2D eigenvalue weighted by atomic mass is 32.2. The smallest absolute Gasteiger partial charge is 0.250 e. The van der Waals surface area contributed by atoms with Crippen LogP contribution in [0.15, 0.2) is 26.7 Å². The second-order valence-corrected chi connectivity index (χ2v) is 9.89. The molecule has 0 aromatic carbocycles. The summed E-state index contributed by atoms with van der Waals surface area (Å²) >= 11 is 1.23. The lowest BCUT2D eigenvalue weighted by Crippen LogP contribution is -2.41. The Bertz CT molecular complexity index is 680. The van der Waals surface area contributed by atoms with Gasteiger partial charge < -0.3 is 10.2 Å². The number of sulfonamides is 1. The van der Waals surface area contributed by atoms with Gasteiger partial charge >= 0.3 is 0 Å². The van der Waals surface area contributed by atoms with Gasteiger partial charge in [-0.1, -0.05) is 18.9 Å². The van der Waals surface area contributed by atoms with Crippen LogP contribution in [0.3, 0.4) is 0 Å². The maximum atomic E-state index is 12.1. The van der Waals surface area contributed by atoms with Crippen LogP contribution in [0.2, 0.25) is 0 Å². The Morgan fingerprint density at radius 2 is 2.16 bits per heavy atom. The molecule has 0 atom stereocenters. The molecule has 2 heterocycles. The van der Waals surface area contributed by atoms with Crippen LogP contribution in [-0.2, 0) is 10.0 Å². The second-order valence-electron chi connectivity index (χ2n) is 6.94. The van der Waals surface area contributed by atoms with Crippen molar-refractivity contribution in [1.29, 1.82) is 0 Å². The number of rotatable bonds is 6. The Labute approximate surface area is 154 Å². The maximum absolute atomic E-state index is 12.1. The van der Waals surface area contributed by atoms with Crippen molar-refractivity contribution in [2.24, 2.45) is 10.4 Å². The van der Waals surface area contributed by atoms with E-state index in [0.717, 1.165) is 25.6 Å². The minimum absolute atomic E-state index is 0.314. The molecule has 2 N–H and O–H groups in total. The monoisotopic (exact) mass is 384 g/mol. The Balaban J connectivity index is 1.54. The first-order valence-electron chi connectivity index (χ1n) is 9.11. The van der Waals surface area contributed by atoms with Gasteiger partial charge in [-0.3, -0.25) is 4.99 Å². The van der Waals surface area contributed by atoms with Crippen LogP contribution in [0.1, 0.15) is 39.0 Å². The van der Waals surface area contributed by atoms with Crippen LogP contribution in [0.25, 0.3) is 0 Å². The van der Waals surface area contributed by atoms with Gasteiger partial charge in [-0.25, -0.2) is 13.1 Å². The minimum atomic E-state index is -3.40. The van der Waals surface area contributed by atoms with Crippen LogP contribution in [0.4, 0.5) is 0 Å². The zero-order valence-electron chi connectivity index (χ0n) is 14.8. The Kier molecular flexibility index (Phi) is 6.01. The van der Waals surface area contributed by atoms with Crippen LogP contribution in [-0.4, -0.2) is 52.0 Å². The fraction of sp³-hybridized carbons (Fsp3) is 0.706. The zero-order valence-corrected chi connectivity index (χ0v) is 16.5. The summed E-state index contributed by atoms with van der Waals surface area (Å²) in [5, 5.41) is 5.12. The summed E-state index contributed by atoms with van der Waals surface area (Å²) in [5.74, 6) is 0.918. The van der Waals surface area contributed by atoms with Crippen LogP contribution >= 0.6 is 11.3 Å². The lowest BCUT2D eigenvalue weighted by Gasteiger charge is -2.26. The third kappa shape index (κ3) is 4.54. The fourth-order valence-electron chi connectivity index (χ4n) is 3.90. The lowest BCUT2D eigenvalue weighted by molar-refractivity contribution is 0.309. The van der Waals surface area contributed by atoms with Crippen molar-refractivity contribution < 1.29 is 8.42 Å². The molecular weight excluding hydrogens is 356 g/mol. The van der Waals surface area contributed by atoms with E-state index in [4.69, 9.17) is 0 Å². The molecule has 1 aromatic heterocycles. The van der Waals surface area contributed by atoms with Crippen molar-refractivity contribution in [2.75, 3.05) is 32.7 Å². The standard InChI is InChI=1S/C17H28N4O2S2/c1-2-18-16(21-12-9-17(14-21)7-3-4-8-17)19-10-11-20-25(22,23)15-6-5-13-24-15/h5-6,13,20H,2-4,7-12,14H2,1H3,(H,18,19). The quantitative estimate of drug-likeness (QED) is 0.448. The molecule has 1 spiro atoms. The predicted octanol–water partition coefficient (Wildman–Crippen LogP) is 2.26. The van der Waals surface area contributed by atoms with E-state index in [0.29, 0.717) is 22.7 Å². The maximum Gasteiger partial charge on any atom is 0.250 e. The van der Waals surface area contributed by atoms with Crippen molar-refractivity contribution in [3.8, 4) is 0 Å². The largest absolute Gasteiger partial charge is 0.357 e. The van der Waals surface area contributed by atoms with Gasteiger partial charge in [0.15, 0.2) is 5.96 Å². The number of aliphatic imine (C=N–C) groups is 1. The summed E-state index contributed by atoms with van der Waals surface area (Å²) in [7, 11) is -3.40. The number of hydrogen-bond acceptors (Lipinski definition) is 4. The molecule has 2 aliphatic rings. The van der Waals surface area contributed by atoms with Gasteiger partial charge in [-0.15, -0.1) is 11.3 Å². The van der Waals surface area contributed by atoms with Crippen LogP contribution in [0, 0.1) is 5.41 Å². The second kappa shape index (κ2) is 8.05. The fourth-order valence-corrected chi connectivity index (χ4v) is 5.96. The molecular formula is C17H28N4O2S2. The molecule has 1 aliphatic carbocycles. The number of hydrogen-bond donors (Lipinski definition) is 2. The molecule has 140 valence electrons. The number of thiophene rings is 1. The lowest BCUT2D eigenvalue weighted by atomic mass is 9.86. The molecule has 1 saturated carbocycles. The summed E-state index contributed by atoms with van der Waals surface area (Å²) in [6.07, 6.45) is 6.63. The molecule has 1 saturated heterocycles. The number of likely N-dealkylation sites (tertiary alicyclic amines) is 1.